The molecule has 3 N–H and O–H groups in total. The number of nitrogens with zero attached hydrogens (tertiary/aromatic N) is 6. The zero-order valence-electron chi connectivity index (χ0n) is 20.2. The minimum Gasteiger partial charge on any atom is -0.490 e. The van der Waals surface area contributed by atoms with Crippen LogP contribution in [0.5, 0.6) is 5.75 Å². The average molecular weight is 503 g/mol. The van der Waals surface area contributed by atoms with Crippen LogP contribution < -0.4 is 10.5 Å². The number of benzene rings is 1. The largest absolute Gasteiger partial charge is 0.490 e. The van der Waals surface area contributed by atoms with Gasteiger partial charge in [0, 0.05) is 48.5 Å². The van der Waals surface area contributed by atoms with E-state index in [4.69, 9.17) is 10.5 Å². The lowest BCUT2D eigenvalue weighted by Crippen LogP contribution is -2.41. The number of nitrogens with one attached hydrogen (secondary N) is 1. The number of likely N-dealkylation sites (tertiary alicyclic amines) is 1. The van der Waals surface area contributed by atoms with Gasteiger partial charge >= 0.3 is 0 Å². The van der Waals surface area contributed by atoms with Crippen LogP contribution >= 0.6 is 0 Å². The number of ether oxygens (including phenoxy) is 1. The summed E-state index contributed by atoms with van der Waals surface area (Å²) in [5.74, 6) is -0.160. The molecule has 1 fully saturated rings. The Bertz CT molecular complexity index is 1430. The summed E-state index contributed by atoms with van der Waals surface area (Å²) >= 11 is 0. The van der Waals surface area contributed by atoms with Crippen molar-refractivity contribution in [3.05, 3.63) is 60.3 Å². The molecule has 1 amide bonds. The Labute approximate surface area is 212 Å². The molecule has 0 radical (unpaired) electrons. The summed E-state index contributed by atoms with van der Waals surface area (Å²) in [6.45, 7) is 1.54. The van der Waals surface area contributed by atoms with E-state index in [-0.39, 0.29) is 17.7 Å². The fraction of sp³-hybridized carbons (Fsp3) is 0.346. The van der Waals surface area contributed by atoms with Crippen molar-refractivity contribution in [2.45, 2.75) is 38.1 Å². The van der Waals surface area contributed by atoms with Crippen molar-refractivity contribution in [1.82, 2.24) is 29.6 Å². The van der Waals surface area contributed by atoms with Gasteiger partial charge in [0.05, 0.1) is 30.4 Å². The second-order valence-corrected chi connectivity index (χ2v) is 9.17. The van der Waals surface area contributed by atoms with Crippen molar-refractivity contribution in [3.63, 3.8) is 0 Å². The lowest BCUT2D eigenvalue weighted by Gasteiger charge is -2.34. The number of carbonyl (C=O) groups excluding carboxylic acids is 1. The number of aromatic nitrogens is 5. The Hall–Kier alpha value is -4.30. The predicted octanol–water partition coefficient (Wildman–Crippen LogP) is 3.39. The first-order valence-electron chi connectivity index (χ1n) is 12.1. The van der Waals surface area contributed by atoms with Crippen LogP contribution in [0, 0.1) is 11.3 Å². The first-order valence-corrected chi connectivity index (χ1v) is 12.1. The van der Waals surface area contributed by atoms with Crippen molar-refractivity contribution >= 4 is 16.9 Å². The molecule has 11 heteroatoms. The highest BCUT2D eigenvalue weighted by Crippen LogP contribution is 2.27. The Morgan fingerprint density at radius 2 is 2.14 bits per heavy atom. The second kappa shape index (κ2) is 10.8. The second-order valence-electron chi connectivity index (χ2n) is 9.17. The Kier molecular flexibility index (Phi) is 7.09. The fourth-order valence-electron chi connectivity index (χ4n) is 4.76. The van der Waals surface area contributed by atoms with E-state index < -0.39 is 12.6 Å². The average Bonchev–Trinajstić information content (AvgIpc) is 3.59. The maximum atomic E-state index is 13.2. The SMILES string of the molecule is N#CCC(CN1CCC(Oc2cc(CF)cc(C(N)=O)c2)CC1)n1cc(-c2ncnc3[nH]ccc23)cn1. The van der Waals surface area contributed by atoms with Gasteiger partial charge in [0.1, 0.15) is 30.5 Å². The Morgan fingerprint density at radius 1 is 1.30 bits per heavy atom. The van der Waals surface area contributed by atoms with E-state index in [1.165, 1.54) is 12.4 Å². The Balaban J connectivity index is 1.22. The number of nitrogens with two attached hydrogens (primary N) is 1. The number of rotatable bonds is 9. The molecule has 0 aliphatic carbocycles. The van der Waals surface area contributed by atoms with Gasteiger partial charge in [-0.15, -0.1) is 0 Å². The molecule has 0 spiro atoms. The molecule has 1 atom stereocenters. The molecule has 0 bridgehead atoms. The molecule has 4 aromatic rings. The van der Waals surface area contributed by atoms with Crippen LogP contribution in [0.4, 0.5) is 4.39 Å². The zero-order valence-corrected chi connectivity index (χ0v) is 20.2. The van der Waals surface area contributed by atoms with Crippen LogP contribution in [0.25, 0.3) is 22.3 Å². The summed E-state index contributed by atoms with van der Waals surface area (Å²) in [6.07, 6.45) is 8.85. The Morgan fingerprint density at radius 3 is 2.89 bits per heavy atom. The zero-order chi connectivity index (χ0) is 25.8. The maximum absolute atomic E-state index is 13.2. The van der Waals surface area contributed by atoms with Crippen LogP contribution in [0.1, 0.15) is 41.2 Å². The third-order valence-corrected chi connectivity index (χ3v) is 6.64. The van der Waals surface area contributed by atoms with Gasteiger partial charge in [0.15, 0.2) is 0 Å². The molecule has 5 rings (SSSR count). The molecular weight excluding hydrogens is 475 g/mol. The van der Waals surface area contributed by atoms with Gasteiger partial charge < -0.3 is 20.4 Å². The van der Waals surface area contributed by atoms with E-state index in [1.807, 2.05) is 23.1 Å². The van der Waals surface area contributed by atoms with Gasteiger partial charge in [-0.25, -0.2) is 14.4 Å². The number of hydrogen-bond acceptors (Lipinski definition) is 7. The topological polar surface area (TPSA) is 139 Å². The molecule has 1 saturated heterocycles. The number of piperidine rings is 1. The number of hydrogen-bond donors (Lipinski definition) is 2. The number of primary amides is 1. The highest BCUT2D eigenvalue weighted by molar-refractivity contribution is 5.93. The summed E-state index contributed by atoms with van der Waals surface area (Å²) in [7, 11) is 0. The first kappa shape index (κ1) is 24.4. The van der Waals surface area contributed by atoms with Crippen molar-refractivity contribution in [1.29, 1.82) is 5.26 Å². The van der Waals surface area contributed by atoms with Gasteiger partial charge in [-0.05, 0) is 42.7 Å². The third kappa shape index (κ3) is 5.44. The number of amides is 1. The number of carbonyl (C=O) groups is 1. The van der Waals surface area contributed by atoms with E-state index in [0.29, 0.717) is 24.3 Å². The third-order valence-electron chi connectivity index (χ3n) is 6.64. The lowest BCUT2D eigenvalue weighted by atomic mass is 10.1. The van der Waals surface area contributed by atoms with Crippen molar-refractivity contribution in [2.24, 2.45) is 5.73 Å². The number of nitriles is 1. The van der Waals surface area contributed by atoms with Gasteiger partial charge in [-0.3, -0.25) is 9.48 Å². The molecule has 1 unspecified atom stereocenters. The van der Waals surface area contributed by atoms with Crippen LogP contribution in [0.3, 0.4) is 0 Å². The number of H-pyrrole nitrogens is 1. The summed E-state index contributed by atoms with van der Waals surface area (Å²) in [4.78, 5) is 25.6. The van der Waals surface area contributed by atoms with Gasteiger partial charge in [-0.2, -0.15) is 10.4 Å². The van der Waals surface area contributed by atoms with Gasteiger partial charge in [-0.1, -0.05) is 0 Å². The number of aromatic amines is 1. The van der Waals surface area contributed by atoms with Gasteiger partial charge in [0.2, 0.25) is 5.91 Å². The van der Waals surface area contributed by atoms with Crippen LogP contribution in [-0.4, -0.2) is 61.3 Å². The monoisotopic (exact) mass is 502 g/mol. The molecule has 1 aliphatic rings. The van der Waals surface area contributed by atoms with Crippen LogP contribution in [-0.2, 0) is 6.67 Å². The quantitative estimate of drug-likeness (QED) is 0.358. The molecule has 0 saturated carbocycles. The number of alkyl halides is 1. The van der Waals surface area contributed by atoms with Crippen molar-refractivity contribution in [2.75, 3.05) is 19.6 Å². The van der Waals surface area contributed by atoms with Gasteiger partial charge in [0.25, 0.3) is 0 Å². The first-order chi connectivity index (χ1) is 18.0. The van der Waals surface area contributed by atoms with Crippen LogP contribution in [0.15, 0.2) is 49.2 Å². The predicted molar refractivity (Wildman–Crippen MR) is 134 cm³/mol. The molecule has 1 aromatic carbocycles. The normalized spacial score (nSPS) is 15.5. The summed E-state index contributed by atoms with van der Waals surface area (Å²) < 4.78 is 21.1. The van der Waals surface area contributed by atoms with Crippen molar-refractivity contribution in [3.8, 4) is 23.1 Å². The highest BCUT2D eigenvalue weighted by Gasteiger charge is 2.25. The maximum Gasteiger partial charge on any atom is 0.248 e. The molecule has 10 nitrogen and oxygen atoms in total. The standard InChI is InChI=1S/C26H27FN8O2/c27-12-17-9-18(25(29)36)11-22(10-17)37-21-3-7-34(8-4-21)15-20(1-5-28)35-14-19(13-33-35)24-23-2-6-30-26(23)32-16-31-24/h2,6,9-11,13-14,16,20-21H,1,3-4,7-8,12,15H2,(H2,29,36)(H,30,31,32). The fourth-order valence-corrected chi connectivity index (χ4v) is 4.76. The number of halogens is 1. The van der Waals surface area contributed by atoms with E-state index >= 15 is 0 Å². The van der Waals surface area contributed by atoms with Crippen molar-refractivity contribution < 1.29 is 13.9 Å². The minimum atomic E-state index is -0.696. The number of fused-ring (bicyclic) bond motifs is 1. The smallest absolute Gasteiger partial charge is 0.248 e. The van der Waals surface area contributed by atoms with E-state index in [9.17, 15) is 14.4 Å². The lowest BCUT2D eigenvalue weighted by molar-refractivity contribution is 0.0905. The molecule has 190 valence electrons. The van der Waals surface area contributed by atoms with E-state index in [0.717, 1.165) is 48.2 Å². The summed E-state index contributed by atoms with van der Waals surface area (Å²) in [5.41, 5.74) is 8.39. The molecule has 4 heterocycles. The van der Waals surface area contributed by atoms with Crippen LogP contribution in [0.2, 0.25) is 0 Å². The molecule has 37 heavy (non-hydrogen) atoms. The molecule has 3 aromatic heterocycles. The van der Waals surface area contributed by atoms with E-state index in [1.54, 1.807) is 18.3 Å². The summed E-state index contributed by atoms with van der Waals surface area (Å²) in [6, 6.07) is 8.72. The summed E-state index contributed by atoms with van der Waals surface area (Å²) in [5, 5.41) is 14.9. The molecular formula is C26H27FN8O2. The minimum absolute atomic E-state index is 0.0564. The molecule has 1 aliphatic heterocycles. The highest BCUT2D eigenvalue weighted by atomic mass is 19.1. The van der Waals surface area contributed by atoms with E-state index in [2.05, 4.69) is 31.0 Å².